The number of benzene rings is 3. The molecule has 6 nitrogen and oxygen atoms in total. The molecule has 0 spiro atoms. The minimum absolute atomic E-state index is 0.196. The number of ether oxygens (including phenoxy) is 1. The van der Waals surface area contributed by atoms with Crippen molar-refractivity contribution in [3.05, 3.63) is 123 Å². The van der Waals surface area contributed by atoms with Crippen LogP contribution >= 0.6 is 11.6 Å². The molecular weight excluding hydrogens is 466 g/mol. The average Bonchev–Trinajstić information content (AvgIpc) is 2.86. The normalized spacial score (nSPS) is 11.0. The minimum atomic E-state index is -1.34. The minimum Gasteiger partial charge on any atom is -0.485 e. The first kappa shape index (κ1) is 22.4. The Balaban J connectivity index is 1.40. The van der Waals surface area contributed by atoms with Gasteiger partial charge in [0.2, 0.25) is 0 Å². The van der Waals surface area contributed by atoms with E-state index in [2.05, 4.69) is 6.58 Å². The maximum atomic E-state index is 12.0. The second-order valence-electron chi connectivity index (χ2n) is 7.93. The van der Waals surface area contributed by atoms with Crippen LogP contribution in [0.4, 0.5) is 0 Å². The van der Waals surface area contributed by atoms with Crippen molar-refractivity contribution in [1.82, 2.24) is 4.98 Å². The van der Waals surface area contributed by atoms with Crippen LogP contribution in [-0.4, -0.2) is 16.1 Å². The summed E-state index contributed by atoms with van der Waals surface area (Å²) in [6, 6.07) is 23.5. The van der Waals surface area contributed by atoms with E-state index in [9.17, 15) is 9.59 Å². The second kappa shape index (κ2) is 9.08. The number of aromatic carboxylic acids is 1. The molecule has 1 N–H and O–H groups in total. The molecule has 0 aliphatic carbocycles. The highest BCUT2D eigenvalue weighted by Gasteiger charge is 2.15. The van der Waals surface area contributed by atoms with Crippen LogP contribution in [0.1, 0.15) is 27.2 Å². The molecule has 5 aromatic rings. The second-order valence-corrected chi connectivity index (χ2v) is 8.36. The third kappa shape index (κ3) is 4.52. The van der Waals surface area contributed by atoms with E-state index in [1.807, 2.05) is 54.6 Å². The summed E-state index contributed by atoms with van der Waals surface area (Å²) in [7, 11) is 0. The number of halogens is 1. The molecule has 0 aliphatic rings. The zero-order valence-electron chi connectivity index (χ0n) is 18.3. The third-order valence-electron chi connectivity index (χ3n) is 5.59. The van der Waals surface area contributed by atoms with Gasteiger partial charge in [0.15, 0.2) is 11.3 Å². The number of aromatic nitrogens is 1. The van der Waals surface area contributed by atoms with Crippen LogP contribution in [0.15, 0.2) is 94.7 Å². The zero-order chi connectivity index (χ0) is 24.5. The van der Waals surface area contributed by atoms with Crippen molar-refractivity contribution in [1.29, 1.82) is 0 Å². The van der Waals surface area contributed by atoms with Crippen LogP contribution < -0.4 is 10.4 Å². The number of para-hydroxylation sites is 1. The predicted molar refractivity (Wildman–Crippen MR) is 135 cm³/mol. The summed E-state index contributed by atoms with van der Waals surface area (Å²) in [6.45, 7) is 4.42. The van der Waals surface area contributed by atoms with Crippen LogP contribution in [0.5, 0.6) is 5.75 Å². The number of hydrogen-bond donors (Lipinski definition) is 1. The molecule has 0 saturated carbocycles. The molecule has 0 atom stereocenters. The number of carbonyl (C=O) groups is 1. The lowest BCUT2D eigenvalue weighted by Crippen LogP contribution is -2.13. The maximum Gasteiger partial charge on any atom is 0.351 e. The van der Waals surface area contributed by atoms with Gasteiger partial charge in [-0.1, -0.05) is 60.6 Å². The average molecular weight is 484 g/mol. The van der Waals surface area contributed by atoms with Crippen molar-refractivity contribution < 1.29 is 19.1 Å². The topological polar surface area (TPSA) is 89.6 Å². The van der Waals surface area contributed by atoms with Gasteiger partial charge in [0, 0.05) is 21.4 Å². The lowest BCUT2D eigenvalue weighted by molar-refractivity contribution is 0.0692. The molecule has 0 fully saturated rings. The SMILES string of the molecule is C=C(c1cccc(COc2cccc3cc(C(=O)O)c(=O)oc23)c1)c1ccc2ccc(Cl)cc2n1. The lowest BCUT2D eigenvalue weighted by atomic mass is 10.0. The van der Waals surface area contributed by atoms with E-state index in [1.54, 1.807) is 18.2 Å². The van der Waals surface area contributed by atoms with Gasteiger partial charge in [0.05, 0.1) is 11.2 Å². The van der Waals surface area contributed by atoms with Crippen molar-refractivity contribution >= 4 is 45.0 Å². The van der Waals surface area contributed by atoms with E-state index in [1.165, 1.54) is 6.07 Å². The number of rotatable bonds is 6. The van der Waals surface area contributed by atoms with E-state index in [4.69, 9.17) is 30.8 Å². The van der Waals surface area contributed by atoms with Crippen molar-refractivity contribution in [2.24, 2.45) is 0 Å². The standard InChI is InChI=1S/C28H18ClNO5/c1-16(23-11-9-18-8-10-21(29)14-24(18)30-23)19-5-2-4-17(12-19)15-34-25-7-3-6-20-13-22(27(31)32)28(33)35-26(20)25/h2-14H,1,15H2,(H,31,32). The van der Waals surface area contributed by atoms with Crippen LogP contribution in [0.25, 0.3) is 27.4 Å². The van der Waals surface area contributed by atoms with Crippen molar-refractivity contribution in [3.63, 3.8) is 0 Å². The van der Waals surface area contributed by atoms with Crippen molar-refractivity contribution in [2.45, 2.75) is 6.61 Å². The number of pyridine rings is 1. The molecule has 35 heavy (non-hydrogen) atoms. The smallest absolute Gasteiger partial charge is 0.351 e. The monoisotopic (exact) mass is 483 g/mol. The van der Waals surface area contributed by atoms with E-state index >= 15 is 0 Å². The summed E-state index contributed by atoms with van der Waals surface area (Å²) in [5.41, 5.74) is 2.88. The first-order valence-electron chi connectivity index (χ1n) is 10.7. The summed E-state index contributed by atoms with van der Waals surface area (Å²) >= 11 is 6.11. The molecule has 172 valence electrons. The first-order valence-corrected chi connectivity index (χ1v) is 11.0. The van der Waals surface area contributed by atoms with Gasteiger partial charge in [0.1, 0.15) is 12.2 Å². The Morgan fingerprint density at radius 2 is 1.80 bits per heavy atom. The van der Waals surface area contributed by atoms with Crippen molar-refractivity contribution in [3.8, 4) is 5.75 Å². The fourth-order valence-corrected chi connectivity index (χ4v) is 3.96. The fraction of sp³-hybridized carbons (Fsp3) is 0.0357. The molecule has 5 rings (SSSR count). The van der Waals surface area contributed by atoms with Crippen LogP contribution in [0.2, 0.25) is 5.02 Å². The van der Waals surface area contributed by atoms with Gasteiger partial charge in [-0.05, 0) is 47.5 Å². The molecule has 0 amide bonds. The number of carboxylic acids is 1. The molecule has 0 radical (unpaired) electrons. The van der Waals surface area contributed by atoms with Gasteiger partial charge in [-0.25, -0.2) is 14.6 Å². The highest BCUT2D eigenvalue weighted by molar-refractivity contribution is 6.31. The summed E-state index contributed by atoms with van der Waals surface area (Å²) in [5.74, 6) is -0.998. The molecule has 2 heterocycles. The number of nitrogens with zero attached hydrogens (tertiary/aromatic N) is 1. The quantitative estimate of drug-likeness (QED) is 0.284. The third-order valence-corrected chi connectivity index (χ3v) is 5.82. The van der Waals surface area contributed by atoms with Gasteiger partial charge in [0.25, 0.3) is 0 Å². The van der Waals surface area contributed by atoms with E-state index < -0.39 is 17.2 Å². The largest absolute Gasteiger partial charge is 0.485 e. The molecule has 7 heteroatoms. The molecule has 3 aromatic carbocycles. The van der Waals surface area contributed by atoms with Crippen LogP contribution in [0.3, 0.4) is 0 Å². The predicted octanol–water partition coefficient (Wildman–Crippen LogP) is 6.33. The van der Waals surface area contributed by atoms with Crippen LogP contribution in [0, 0.1) is 0 Å². The van der Waals surface area contributed by atoms with E-state index in [-0.39, 0.29) is 12.2 Å². The van der Waals surface area contributed by atoms with Gasteiger partial charge in [-0.3, -0.25) is 0 Å². The number of hydrogen-bond acceptors (Lipinski definition) is 5. The van der Waals surface area contributed by atoms with Gasteiger partial charge < -0.3 is 14.3 Å². The Kier molecular flexibility index (Phi) is 5.81. The summed E-state index contributed by atoms with van der Waals surface area (Å²) < 4.78 is 11.2. The number of carboxylic acid groups (broad SMARTS) is 1. The Labute approximate surface area is 204 Å². The number of fused-ring (bicyclic) bond motifs is 2. The van der Waals surface area contributed by atoms with E-state index in [0.29, 0.717) is 16.2 Å². The van der Waals surface area contributed by atoms with Crippen molar-refractivity contribution in [2.75, 3.05) is 0 Å². The summed E-state index contributed by atoms with van der Waals surface area (Å²) in [6.07, 6.45) is 0. The van der Waals surface area contributed by atoms with E-state index in [0.717, 1.165) is 33.3 Å². The molecule has 0 aliphatic heterocycles. The Morgan fingerprint density at radius 3 is 2.63 bits per heavy atom. The Hall–Kier alpha value is -4.42. The molecule has 2 aromatic heterocycles. The van der Waals surface area contributed by atoms with Gasteiger partial charge >= 0.3 is 11.6 Å². The molecule has 0 saturated heterocycles. The fourth-order valence-electron chi connectivity index (χ4n) is 3.80. The van der Waals surface area contributed by atoms with Gasteiger partial charge in [-0.2, -0.15) is 0 Å². The first-order chi connectivity index (χ1) is 16.9. The van der Waals surface area contributed by atoms with Gasteiger partial charge in [-0.15, -0.1) is 0 Å². The summed E-state index contributed by atoms with van der Waals surface area (Å²) in [5, 5.41) is 11.2. The molecular formula is C28H18ClNO5. The highest BCUT2D eigenvalue weighted by Crippen LogP contribution is 2.28. The Bertz CT molecular complexity index is 1690. The van der Waals surface area contributed by atoms with Crippen LogP contribution in [-0.2, 0) is 6.61 Å². The Morgan fingerprint density at radius 1 is 1.00 bits per heavy atom. The molecule has 0 unspecified atom stereocenters. The zero-order valence-corrected chi connectivity index (χ0v) is 19.1. The summed E-state index contributed by atoms with van der Waals surface area (Å²) in [4.78, 5) is 27.9. The highest BCUT2D eigenvalue weighted by atomic mass is 35.5. The lowest BCUT2D eigenvalue weighted by Gasteiger charge is -2.11. The molecule has 0 bridgehead atoms. The maximum absolute atomic E-state index is 12.0.